The Balaban J connectivity index is 2.06. The van der Waals surface area contributed by atoms with E-state index in [1.165, 1.54) is 36.0 Å². The van der Waals surface area contributed by atoms with Gasteiger partial charge in [0.05, 0.1) is 0 Å². The van der Waals surface area contributed by atoms with Crippen molar-refractivity contribution >= 4 is 0 Å². The average Bonchev–Trinajstić information content (AvgIpc) is 2.27. The summed E-state index contributed by atoms with van der Waals surface area (Å²) in [6, 6.07) is 0. The molecule has 0 amide bonds. The Morgan fingerprint density at radius 1 is 1.00 bits per heavy atom. The Hall–Kier alpha value is 0.730. The van der Waals surface area contributed by atoms with Crippen molar-refractivity contribution in [2.24, 2.45) is 17.3 Å². The van der Waals surface area contributed by atoms with Crippen LogP contribution >= 0.6 is 0 Å². The highest BCUT2D eigenvalue weighted by Gasteiger charge is 2.34. The minimum Gasteiger partial charge on any atom is -0.0628 e. The van der Waals surface area contributed by atoms with Gasteiger partial charge in [-0.1, -0.05) is 41.0 Å². The summed E-state index contributed by atoms with van der Waals surface area (Å²) >= 11 is 0.515. The quantitative estimate of drug-likeness (QED) is 0.386. The van der Waals surface area contributed by atoms with Gasteiger partial charge < -0.3 is 0 Å². The van der Waals surface area contributed by atoms with Gasteiger partial charge in [0.25, 0.3) is 21.2 Å². The van der Waals surface area contributed by atoms with Crippen LogP contribution in [0.1, 0.15) is 79.6 Å². The largest absolute Gasteiger partial charge is 0.272 e. The van der Waals surface area contributed by atoms with Gasteiger partial charge in [0.1, 0.15) is 4.43 Å². The van der Waals surface area contributed by atoms with Crippen LogP contribution in [0, 0.1) is 17.3 Å². The maximum Gasteiger partial charge on any atom is 0.272 e. The number of unbranched alkanes of at least 4 members (excludes halogenated alkanes) is 1. The van der Waals surface area contributed by atoms with E-state index in [9.17, 15) is 0 Å². The van der Waals surface area contributed by atoms with Crippen molar-refractivity contribution in [3.05, 3.63) is 0 Å². The van der Waals surface area contributed by atoms with Gasteiger partial charge in [-0.05, 0) is 55.8 Å². The molecule has 0 saturated heterocycles. The zero-order chi connectivity index (χ0) is 13.6. The average molecular weight is 365 g/mol. The summed E-state index contributed by atoms with van der Waals surface area (Å²) in [5.74, 6) is 1.91. The van der Waals surface area contributed by atoms with Gasteiger partial charge in [0.2, 0.25) is 0 Å². The van der Waals surface area contributed by atoms with Gasteiger partial charge in [-0.15, -0.1) is 0 Å². The van der Waals surface area contributed by atoms with Gasteiger partial charge in [0.15, 0.2) is 3.92 Å². The first-order valence-corrected chi connectivity index (χ1v) is 10.7. The molecule has 1 aliphatic rings. The molecule has 0 aromatic carbocycles. The van der Waals surface area contributed by atoms with Crippen LogP contribution in [0.4, 0.5) is 0 Å². The second-order valence-electron chi connectivity index (χ2n) is 7.55. The topological polar surface area (TPSA) is 0 Å². The smallest absolute Gasteiger partial charge is 0.0628 e. The van der Waals surface area contributed by atoms with Crippen LogP contribution in [0.2, 0.25) is 0 Å². The van der Waals surface area contributed by atoms with E-state index in [4.69, 9.17) is 0 Å². The van der Waals surface area contributed by atoms with Crippen molar-refractivity contribution in [3.63, 3.8) is 0 Å². The molecule has 0 bridgehead atoms. The molecule has 0 aliphatic heterocycles. The van der Waals surface area contributed by atoms with Gasteiger partial charge >= 0.3 is 0 Å². The predicted octanol–water partition coefficient (Wildman–Crippen LogP) is 2.51. The van der Waals surface area contributed by atoms with Crippen LogP contribution < -0.4 is 21.2 Å². The second kappa shape index (κ2) is 8.11. The van der Waals surface area contributed by atoms with E-state index in [-0.39, 0.29) is 0 Å². The summed E-state index contributed by atoms with van der Waals surface area (Å²) in [6.45, 7) is 12.0. The Morgan fingerprint density at radius 3 is 2.11 bits per heavy atom. The SMILES string of the molecule is CC(C)CCCC[I+]C1CCC(C(C)(C)C)CC1. The Morgan fingerprint density at radius 2 is 1.61 bits per heavy atom. The molecule has 1 aliphatic carbocycles. The Kier molecular flexibility index (Phi) is 7.57. The van der Waals surface area contributed by atoms with Crippen molar-refractivity contribution in [1.29, 1.82) is 0 Å². The van der Waals surface area contributed by atoms with Crippen molar-refractivity contribution in [2.45, 2.75) is 83.5 Å². The fourth-order valence-electron chi connectivity index (χ4n) is 2.95. The number of alkyl halides is 2. The maximum absolute atomic E-state index is 2.43. The lowest BCUT2D eigenvalue weighted by Gasteiger charge is -2.34. The number of halogens is 1. The van der Waals surface area contributed by atoms with E-state index in [2.05, 4.69) is 34.6 Å². The second-order valence-corrected chi connectivity index (χ2v) is 11.3. The molecular formula is C17H34I+. The molecular weight excluding hydrogens is 331 g/mol. The van der Waals surface area contributed by atoms with E-state index in [0.717, 1.165) is 11.8 Å². The van der Waals surface area contributed by atoms with Crippen LogP contribution in [0.15, 0.2) is 0 Å². The van der Waals surface area contributed by atoms with Gasteiger partial charge in [0, 0.05) is 0 Å². The Labute approximate surface area is 126 Å². The summed E-state index contributed by atoms with van der Waals surface area (Å²) < 4.78 is 2.76. The highest BCUT2D eigenvalue weighted by molar-refractivity contribution is 4.79. The van der Waals surface area contributed by atoms with Crippen LogP contribution in [0.25, 0.3) is 0 Å². The van der Waals surface area contributed by atoms with E-state index >= 15 is 0 Å². The van der Waals surface area contributed by atoms with Crippen molar-refractivity contribution in [1.82, 2.24) is 0 Å². The molecule has 1 heteroatoms. The lowest BCUT2D eigenvalue weighted by Crippen LogP contribution is -3.66. The number of rotatable bonds is 6. The van der Waals surface area contributed by atoms with Gasteiger partial charge in [-0.25, -0.2) is 0 Å². The third kappa shape index (κ3) is 6.77. The Bertz CT molecular complexity index is 206. The van der Waals surface area contributed by atoms with Crippen LogP contribution in [-0.4, -0.2) is 8.35 Å². The predicted molar refractivity (Wildman–Crippen MR) is 78.8 cm³/mol. The van der Waals surface area contributed by atoms with E-state index in [1.807, 2.05) is 0 Å². The molecule has 1 saturated carbocycles. The zero-order valence-corrected chi connectivity index (χ0v) is 15.4. The van der Waals surface area contributed by atoms with E-state index in [0.29, 0.717) is 26.6 Å². The van der Waals surface area contributed by atoms with Crippen molar-refractivity contribution < 1.29 is 21.2 Å². The molecule has 0 heterocycles. The maximum atomic E-state index is 2.43. The fraction of sp³-hybridized carbons (Fsp3) is 1.00. The standard InChI is InChI=1S/C17H34I/c1-14(2)8-6-7-13-18-16-11-9-15(10-12-16)17(3,4)5/h14-16H,6-13H2,1-5H3/q+1. The molecule has 0 atom stereocenters. The molecule has 108 valence electrons. The lowest BCUT2D eigenvalue weighted by atomic mass is 9.72. The normalized spacial score (nSPS) is 25.7. The summed E-state index contributed by atoms with van der Waals surface area (Å²) in [6.07, 6.45) is 10.6. The summed E-state index contributed by atoms with van der Waals surface area (Å²) in [5.41, 5.74) is 0.556. The number of hydrogen-bond acceptors (Lipinski definition) is 0. The minimum atomic E-state index is 0.515. The van der Waals surface area contributed by atoms with Gasteiger partial charge in [-0.3, -0.25) is 0 Å². The van der Waals surface area contributed by atoms with Crippen LogP contribution in [0.5, 0.6) is 0 Å². The minimum absolute atomic E-state index is 0.515. The van der Waals surface area contributed by atoms with Crippen molar-refractivity contribution in [3.8, 4) is 0 Å². The first kappa shape index (κ1) is 16.8. The summed E-state index contributed by atoms with van der Waals surface area (Å²) in [4.78, 5) is 0. The zero-order valence-electron chi connectivity index (χ0n) is 13.3. The fourth-order valence-corrected chi connectivity index (χ4v) is 6.41. The number of hydrogen-bond donors (Lipinski definition) is 0. The third-order valence-electron chi connectivity index (χ3n) is 4.37. The molecule has 0 aromatic heterocycles. The molecule has 0 spiro atoms. The highest BCUT2D eigenvalue weighted by atomic mass is 127. The molecule has 1 rings (SSSR count). The molecule has 0 nitrogen and oxygen atoms in total. The monoisotopic (exact) mass is 365 g/mol. The molecule has 0 N–H and O–H groups in total. The summed E-state index contributed by atoms with van der Waals surface area (Å²) in [5, 5.41) is 0. The molecule has 18 heavy (non-hydrogen) atoms. The van der Waals surface area contributed by atoms with Gasteiger partial charge in [-0.2, -0.15) is 0 Å². The molecule has 0 aromatic rings. The first-order valence-electron chi connectivity index (χ1n) is 7.97. The van der Waals surface area contributed by atoms with Crippen molar-refractivity contribution in [2.75, 3.05) is 4.43 Å². The highest BCUT2D eigenvalue weighted by Crippen LogP contribution is 2.36. The third-order valence-corrected chi connectivity index (χ3v) is 8.25. The van der Waals surface area contributed by atoms with E-state index in [1.54, 1.807) is 17.3 Å². The molecule has 0 radical (unpaired) electrons. The van der Waals surface area contributed by atoms with E-state index < -0.39 is 0 Å². The summed E-state index contributed by atoms with van der Waals surface area (Å²) in [7, 11) is 0. The molecule has 1 fully saturated rings. The molecule has 0 unspecified atom stereocenters. The first-order chi connectivity index (χ1) is 8.39. The van der Waals surface area contributed by atoms with Crippen LogP contribution in [-0.2, 0) is 0 Å². The van der Waals surface area contributed by atoms with Crippen LogP contribution in [0.3, 0.4) is 0 Å². The lowest BCUT2D eigenvalue weighted by molar-refractivity contribution is -0.692.